The Hall–Kier alpha value is -0.790. The van der Waals surface area contributed by atoms with E-state index in [4.69, 9.17) is 4.74 Å². The second-order valence-electron chi connectivity index (χ2n) is 4.89. The summed E-state index contributed by atoms with van der Waals surface area (Å²) in [5.41, 5.74) is 0.178. The van der Waals surface area contributed by atoms with Crippen LogP contribution in [0.25, 0.3) is 0 Å². The predicted octanol–water partition coefficient (Wildman–Crippen LogP) is 4.10. The third-order valence-corrected chi connectivity index (χ3v) is 3.04. The van der Waals surface area contributed by atoms with Crippen molar-refractivity contribution in [3.05, 3.63) is 12.2 Å². The largest absolute Gasteiger partial charge is 0.455 e. The summed E-state index contributed by atoms with van der Waals surface area (Å²) in [5.74, 6) is 0.0892. The Balaban J connectivity index is 4.87. The molecule has 16 heavy (non-hydrogen) atoms. The first kappa shape index (κ1) is 15.2. The fraction of sp³-hybridized carbons (Fsp3) is 0.786. The van der Waals surface area contributed by atoms with Crippen molar-refractivity contribution in [3.8, 4) is 0 Å². The summed E-state index contributed by atoms with van der Waals surface area (Å²) in [6.07, 6.45) is 3.92. The Bertz CT molecular complexity index is 235. The lowest BCUT2D eigenvalue weighted by Gasteiger charge is -2.37. The fourth-order valence-corrected chi connectivity index (χ4v) is 2.04. The van der Waals surface area contributed by atoms with Crippen LogP contribution >= 0.6 is 0 Å². The molecule has 0 amide bonds. The highest BCUT2D eigenvalue weighted by molar-refractivity contribution is 5.87. The number of carbonyl (C=O) groups excluding carboxylic acids is 1. The van der Waals surface area contributed by atoms with E-state index in [1.165, 1.54) is 0 Å². The molecule has 0 spiro atoms. The Morgan fingerprint density at radius 1 is 1.25 bits per heavy atom. The highest BCUT2D eigenvalue weighted by Crippen LogP contribution is 2.33. The number of hydrogen-bond donors (Lipinski definition) is 0. The van der Waals surface area contributed by atoms with Crippen molar-refractivity contribution in [1.29, 1.82) is 0 Å². The van der Waals surface area contributed by atoms with Crippen molar-refractivity contribution in [2.75, 3.05) is 0 Å². The van der Waals surface area contributed by atoms with Crippen LogP contribution in [0.15, 0.2) is 12.2 Å². The van der Waals surface area contributed by atoms with Gasteiger partial charge >= 0.3 is 5.97 Å². The van der Waals surface area contributed by atoms with Gasteiger partial charge in [0.2, 0.25) is 0 Å². The quantitative estimate of drug-likeness (QED) is 0.482. The van der Waals surface area contributed by atoms with Crippen LogP contribution in [0.3, 0.4) is 0 Å². The summed E-state index contributed by atoms with van der Waals surface area (Å²) in [5, 5.41) is 0. The molecular weight excluding hydrogens is 200 g/mol. The normalized spacial score (nSPS) is 11.6. The van der Waals surface area contributed by atoms with Gasteiger partial charge in [0.1, 0.15) is 5.60 Å². The van der Waals surface area contributed by atoms with E-state index in [9.17, 15) is 4.79 Å². The fourth-order valence-electron chi connectivity index (χ4n) is 2.04. The molecule has 94 valence electrons. The highest BCUT2D eigenvalue weighted by atomic mass is 16.6. The van der Waals surface area contributed by atoms with E-state index < -0.39 is 0 Å². The maximum atomic E-state index is 11.7. The predicted molar refractivity (Wildman–Crippen MR) is 68.3 cm³/mol. The maximum Gasteiger partial charge on any atom is 0.333 e. The van der Waals surface area contributed by atoms with Crippen LogP contribution in [0.4, 0.5) is 0 Å². The lowest BCUT2D eigenvalue weighted by atomic mass is 9.82. The van der Waals surface area contributed by atoms with Gasteiger partial charge in [-0.1, -0.05) is 47.1 Å². The van der Waals surface area contributed by atoms with Gasteiger partial charge in [0, 0.05) is 5.57 Å². The zero-order valence-corrected chi connectivity index (χ0v) is 11.4. The van der Waals surface area contributed by atoms with Gasteiger partial charge in [0.15, 0.2) is 0 Å². The highest BCUT2D eigenvalue weighted by Gasteiger charge is 2.36. The van der Waals surface area contributed by atoms with Gasteiger partial charge in [-0.3, -0.25) is 0 Å². The van der Waals surface area contributed by atoms with Crippen LogP contribution in [0.2, 0.25) is 0 Å². The maximum absolute atomic E-state index is 11.7. The van der Waals surface area contributed by atoms with Crippen molar-refractivity contribution in [1.82, 2.24) is 0 Å². The topological polar surface area (TPSA) is 26.3 Å². The van der Waals surface area contributed by atoms with Gasteiger partial charge in [-0.15, -0.1) is 0 Å². The first-order valence-electron chi connectivity index (χ1n) is 6.28. The van der Waals surface area contributed by atoms with Gasteiger partial charge in [0.05, 0.1) is 0 Å². The lowest BCUT2D eigenvalue weighted by Crippen LogP contribution is -2.40. The molecule has 0 saturated carbocycles. The molecule has 0 radical (unpaired) electrons. The van der Waals surface area contributed by atoms with E-state index in [-0.39, 0.29) is 11.6 Å². The molecule has 0 N–H and O–H groups in total. The standard InChI is InChI=1S/C14H26O2/c1-7-9-14(10-8-2,12(5)6)16-13(15)11(3)4/h12H,3,7-10H2,1-2,4-6H3. The minimum Gasteiger partial charge on any atom is -0.455 e. The Morgan fingerprint density at radius 3 is 1.94 bits per heavy atom. The van der Waals surface area contributed by atoms with E-state index in [2.05, 4.69) is 34.3 Å². The first-order valence-corrected chi connectivity index (χ1v) is 6.28. The van der Waals surface area contributed by atoms with Crippen molar-refractivity contribution >= 4 is 5.97 Å². The summed E-state index contributed by atoms with van der Waals surface area (Å²) in [6.45, 7) is 13.8. The molecule has 0 atom stereocenters. The number of carbonyl (C=O) groups is 1. The molecule has 0 unspecified atom stereocenters. The van der Waals surface area contributed by atoms with E-state index in [1.54, 1.807) is 6.92 Å². The van der Waals surface area contributed by atoms with Gasteiger partial charge in [-0.25, -0.2) is 4.79 Å². The van der Waals surface area contributed by atoms with Crippen LogP contribution in [0.1, 0.15) is 60.3 Å². The van der Waals surface area contributed by atoms with Crippen LogP contribution in [-0.2, 0) is 9.53 Å². The molecule has 0 aliphatic heterocycles. The van der Waals surface area contributed by atoms with Gasteiger partial charge in [0.25, 0.3) is 0 Å². The molecule has 0 aliphatic carbocycles. The Morgan fingerprint density at radius 2 is 1.69 bits per heavy atom. The zero-order chi connectivity index (χ0) is 12.8. The molecule has 0 aliphatic rings. The van der Waals surface area contributed by atoms with Crippen molar-refractivity contribution in [2.24, 2.45) is 5.92 Å². The van der Waals surface area contributed by atoms with E-state index in [0.29, 0.717) is 11.5 Å². The van der Waals surface area contributed by atoms with Crippen molar-refractivity contribution in [2.45, 2.75) is 65.9 Å². The molecule has 2 heteroatoms. The molecule has 0 aromatic carbocycles. The van der Waals surface area contributed by atoms with Gasteiger partial charge in [-0.2, -0.15) is 0 Å². The van der Waals surface area contributed by atoms with Crippen LogP contribution in [-0.4, -0.2) is 11.6 Å². The Labute approximate surface area is 100 Å². The summed E-state index contributed by atoms with van der Waals surface area (Å²) < 4.78 is 5.70. The molecule has 0 fully saturated rings. The average molecular weight is 226 g/mol. The van der Waals surface area contributed by atoms with Gasteiger partial charge < -0.3 is 4.74 Å². The summed E-state index contributed by atoms with van der Waals surface area (Å²) in [4.78, 5) is 11.7. The first-order chi connectivity index (χ1) is 7.39. The van der Waals surface area contributed by atoms with E-state index >= 15 is 0 Å². The van der Waals surface area contributed by atoms with Crippen LogP contribution in [0, 0.1) is 5.92 Å². The number of esters is 1. The lowest BCUT2D eigenvalue weighted by molar-refractivity contribution is -0.162. The monoisotopic (exact) mass is 226 g/mol. The average Bonchev–Trinajstić information content (AvgIpc) is 2.17. The molecular formula is C14H26O2. The third-order valence-electron chi connectivity index (χ3n) is 3.04. The molecule has 0 rings (SSSR count). The second kappa shape index (κ2) is 6.72. The van der Waals surface area contributed by atoms with Crippen molar-refractivity contribution in [3.63, 3.8) is 0 Å². The van der Waals surface area contributed by atoms with Crippen molar-refractivity contribution < 1.29 is 9.53 Å². The minimum atomic E-state index is -0.306. The Kier molecular flexibility index (Phi) is 6.39. The second-order valence-corrected chi connectivity index (χ2v) is 4.89. The SMILES string of the molecule is C=C(C)C(=O)OC(CCC)(CCC)C(C)C. The smallest absolute Gasteiger partial charge is 0.333 e. The number of rotatable bonds is 7. The molecule has 2 nitrogen and oxygen atoms in total. The third kappa shape index (κ3) is 3.99. The zero-order valence-electron chi connectivity index (χ0n) is 11.4. The van der Waals surface area contributed by atoms with E-state index in [1.807, 2.05) is 0 Å². The molecule has 0 saturated heterocycles. The minimum absolute atomic E-state index is 0.254. The summed E-state index contributed by atoms with van der Waals surface area (Å²) in [7, 11) is 0. The van der Waals surface area contributed by atoms with Crippen LogP contribution in [0.5, 0.6) is 0 Å². The summed E-state index contributed by atoms with van der Waals surface area (Å²) in [6, 6.07) is 0. The molecule has 0 aromatic heterocycles. The number of ether oxygens (including phenoxy) is 1. The van der Waals surface area contributed by atoms with Crippen LogP contribution < -0.4 is 0 Å². The summed E-state index contributed by atoms with van der Waals surface area (Å²) >= 11 is 0. The van der Waals surface area contributed by atoms with E-state index in [0.717, 1.165) is 25.7 Å². The van der Waals surface area contributed by atoms with Gasteiger partial charge in [-0.05, 0) is 25.7 Å². The molecule has 0 heterocycles. The molecule has 0 aromatic rings. The number of hydrogen-bond acceptors (Lipinski definition) is 2. The molecule has 0 bridgehead atoms.